The van der Waals surface area contributed by atoms with E-state index in [0.29, 0.717) is 27.4 Å². The van der Waals surface area contributed by atoms with E-state index in [1.807, 2.05) is 24.3 Å². The number of methoxy groups -OCH3 is 3. The monoisotopic (exact) mass is 372 g/mol. The van der Waals surface area contributed by atoms with E-state index in [2.05, 4.69) is 9.97 Å². The largest absolute Gasteiger partial charge is 0.497 e. The van der Waals surface area contributed by atoms with Gasteiger partial charge < -0.3 is 19.2 Å². The highest BCUT2D eigenvalue weighted by molar-refractivity contribution is 6.50. The van der Waals surface area contributed by atoms with Gasteiger partial charge in [0.05, 0.1) is 37.3 Å². The van der Waals surface area contributed by atoms with Crippen LogP contribution >= 0.6 is 11.6 Å². The summed E-state index contributed by atoms with van der Waals surface area (Å²) in [4.78, 5) is 19.5. The Morgan fingerprint density at radius 1 is 1.04 bits per heavy atom. The van der Waals surface area contributed by atoms with Crippen LogP contribution in [0.2, 0.25) is 0 Å². The minimum Gasteiger partial charge on any atom is -0.497 e. The van der Waals surface area contributed by atoms with E-state index in [0.717, 1.165) is 11.3 Å². The van der Waals surface area contributed by atoms with Crippen molar-refractivity contribution >= 4 is 33.6 Å². The first-order valence-corrected chi connectivity index (χ1v) is 8.11. The van der Waals surface area contributed by atoms with E-state index in [9.17, 15) is 4.79 Å². The van der Waals surface area contributed by atoms with Gasteiger partial charge in [-0.25, -0.2) is 4.98 Å². The van der Waals surface area contributed by atoms with Crippen molar-refractivity contribution in [2.45, 2.75) is 0 Å². The zero-order chi connectivity index (χ0) is 18.7. The molecule has 3 rings (SSSR count). The van der Waals surface area contributed by atoms with Gasteiger partial charge in [0.2, 0.25) is 0 Å². The molecule has 0 amide bonds. The maximum Gasteiger partial charge on any atom is 0.259 e. The first-order valence-electron chi connectivity index (χ1n) is 7.73. The predicted molar refractivity (Wildman–Crippen MR) is 102 cm³/mol. The molecule has 0 aliphatic rings. The van der Waals surface area contributed by atoms with Crippen molar-refractivity contribution < 1.29 is 14.2 Å². The molecule has 26 heavy (non-hydrogen) atoms. The van der Waals surface area contributed by atoms with Crippen molar-refractivity contribution in [3.63, 3.8) is 0 Å². The molecular formula is C19H17ClN2O4. The van der Waals surface area contributed by atoms with Crippen LogP contribution in [0.15, 0.2) is 41.2 Å². The summed E-state index contributed by atoms with van der Waals surface area (Å²) < 4.78 is 15.6. The van der Waals surface area contributed by atoms with Crippen molar-refractivity contribution in [2.75, 3.05) is 21.3 Å². The average molecular weight is 373 g/mol. The standard InChI is InChI=1S/C19H17ClN2O4/c1-24-12-6-4-11(5-7-12)8-14(20)18-21-15-10-17(26-3)16(25-2)9-13(15)19(23)22-18/h4-10H,1-3H3,(H,21,22,23). The SMILES string of the molecule is COc1ccc(C=C(Cl)c2nc3cc(OC)c(OC)cc3c(=O)[nH]2)cc1. The van der Waals surface area contributed by atoms with E-state index in [-0.39, 0.29) is 11.4 Å². The lowest BCUT2D eigenvalue weighted by atomic mass is 10.2. The molecule has 0 unspecified atom stereocenters. The normalized spacial score (nSPS) is 11.5. The van der Waals surface area contributed by atoms with E-state index in [1.54, 1.807) is 25.3 Å². The second-order valence-corrected chi connectivity index (χ2v) is 5.81. The fraction of sp³-hybridized carbons (Fsp3) is 0.158. The summed E-state index contributed by atoms with van der Waals surface area (Å²) >= 11 is 6.36. The number of H-pyrrole nitrogens is 1. The van der Waals surface area contributed by atoms with Crippen LogP contribution in [0.1, 0.15) is 11.4 Å². The molecule has 134 valence electrons. The third kappa shape index (κ3) is 3.50. The number of aromatic nitrogens is 2. The molecule has 7 heteroatoms. The Bertz CT molecular complexity index is 1030. The summed E-state index contributed by atoms with van der Waals surface area (Å²) in [5.41, 5.74) is 1.00. The number of hydrogen-bond acceptors (Lipinski definition) is 5. The number of ether oxygens (including phenoxy) is 3. The number of nitrogens with zero attached hydrogens (tertiary/aromatic N) is 1. The van der Waals surface area contributed by atoms with Crippen molar-refractivity contribution in [1.29, 1.82) is 0 Å². The van der Waals surface area contributed by atoms with Gasteiger partial charge in [0.15, 0.2) is 17.3 Å². The van der Waals surface area contributed by atoms with Gasteiger partial charge in [-0.2, -0.15) is 0 Å². The van der Waals surface area contributed by atoms with Crippen LogP contribution in [-0.4, -0.2) is 31.3 Å². The molecule has 1 heterocycles. The number of fused-ring (bicyclic) bond motifs is 1. The van der Waals surface area contributed by atoms with Crippen molar-refractivity contribution in [2.24, 2.45) is 0 Å². The van der Waals surface area contributed by atoms with Crippen molar-refractivity contribution in [1.82, 2.24) is 9.97 Å². The zero-order valence-corrected chi connectivity index (χ0v) is 15.3. The van der Waals surface area contributed by atoms with Crippen LogP contribution < -0.4 is 19.8 Å². The lowest BCUT2D eigenvalue weighted by Gasteiger charge is -2.09. The van der Waals surface area contributed by atoms with Crippen LogP contribution in [0.4, 0.5) is 0 Å². The molecule has 0 bridgehead atoms. The topological polar surface area (TPSA) is 73.4 Å². The zero-order valence-electron chi connectivity index (χ0n) is 14.5. The Labute approximate surface area is 155 Å². The molecule has 0 saturated carbocycles. The highest BCUT2D eigenvalue weighted by Gasteiger charge is 2.12. The third-order valence-electron chi connectivity index (χ3n) is 3.85. The summed E-state index contributed by atoms with van der Waals surface area (Å²) in [7, 11) is 4.63. The van der Waals surface area contributed by atoms with Gasteiger partial charge in [0.25, 0.3) is 5.56 Å². The summed E-state index contributed by atoms with van der Waals surface area (Å²) in [5.74, 6) is 1.96. The van der Waals surface area contributed by atoms with Gasteiger partial charge in [-0.3, -0.25) is 4.79 Å². The molecular weight excluding hydrogens is 356 g/mol. The van der Waals surface area contributed by atoms with Crippen LogP contribution in [0, 0.1) is 0 Å². The molecule has 0 radical (unpaired) electrons. The molecule has 0 spiro atoms. The van der Waals surface area contributed by atoms with Crippen LogP contribution in [0.25, 0.3) is 22.0 Å². The molecule has 6 nitrogen and oxygen atoms in total. The molecule has 0 aliphatic heterocycles. The van der Waals surface area contributed by atoms with Crippen LogP contribution in [-0.2, 0) is 0 Å². The highest BCUT2D eigenvalue weighted by atomic mass is 35.5. The Kier molecular flexibility index (Phi) is 5.14. The minimum absolute atomic E-state index is 0.271. The number of nitrogens with one attached hydrogen (secondary N) is 1. The minimum atomic E-state index is -0.313. The van der Waals surface area contributed by atoms with Crippen LogP contribution in [0.3, 0.4) is 0 Å². The van der Waals surface area contributed by atoms with Gasteiger partial charge in [0, 0.05) is 6.07 Å². The molecule has 3 aromatic rings. The summed E-state index contributed by atoms with van der Waals surface area (Å²) in [6.07, 6.45) is 1.71. The average Bonchev–Trinajstić information content (AvgIpc) is 2.67. The Morgan fingerprint density at radius 2 is 1.69 bits per heavy atom. The maximum atomic E-state index is 12.4. The summed E-state index contributed by atoms with van der Waals surface area (Å²) in [6, 6.07) is 10.6. The Morgan fingerprint density at radius 3 is 2.31 bits per heavy atom. The fourth-order valence-corrected chi connectivity index (χ4v) is 2.71. The Balaban J connectivity index is 2.06. The molecule has 0 atom stereocenters. The van der Waals surface area contributed by atoms with Crippen molar-refractivity contribution in [3.05, 3.63) is 58.1 Å². The summed E-state index contributed by atoms with van der Waals surface area (Å²) in [5, 5.41) is 0.698. The molecule has 2 aromatic carbocycles. The molecule has 1 aromatic heterocycles. The smallest absolute Gasteiger partial charge is 0.259 e. The number of rotatable bonds is 5. The van der Waals surface area contributed by atoms with Crippen molar-refractivity contribution in [3.8, 4) is 17.2 Å². The first-order chi connectivity index (χ1) is 12.5. The van der Waals surface area contributed by atoms with Crippen LogP contribution in [0.5, 0.6) is 17.2 Å². The number of aromatic amines is 1. The van der Waals surface area contributed by atoms with Gasteiger partial charge in [-0.1, -0.05) is 23.7 Å². The van der Waals surface area contributed by atoms with E-state index >= 15 is 0 Å². The second kappa shape index (κ2) is 7.49. The van der Waals surface area contributed by atoms with Gasteiger partial charge in [0.1, 0.15) is 5.75 Å². The van der Waals surface area contributed by atoms with E-state index in [1.165, 1.54) is 14.2 Å². The number of benzene rings is 2. The predicted octanol–water partition coefficient (Wildman–Crippen LogP) is 3.69. The van der Waals surface area contributed by atoms with Gasteiger partial charge in [-0.15, -0.1) is 0 Å². The van der Waals surface area contributed by atoms with E-state index < -0.39 is 0 Å². The molecule has 0 fully saturated rings. The maximum absolute atomic E-state index is 12.4. The third-order valence-corrected chi connectivity index (χ3v) is 4.13. The Hall–Kier alpha value is -2.99. The highest BCUT2D eigenvalue weighted by Crippen LogP contribution is 2.30. The van der Waals surface area contributed by atoms with E-state index in [4.69, 9.17) is 25.8 Å². The number of halogens is 1. The lowest BCUT2D eigenvalue weighted by molar-refractivity contribution is 0.355. The quantitative estimate of drug-likeness (QED) is 0.739. The fourth-order valence-electron chi connectivity index (χ4n) is 2.49. The van der Waals surface area contributed by atoms with Gasteiger partial charge in [-0.05, 0) is 29.8 Å². The second-order valence-electron chi connectivity index (χ2n) is 5.40. The lowest BCUT2D eigenvalue weighted by Crippen LogP contribution is -2.11. The molecule has 1 N–H and O–H groups in total. The number of hydrogen-bond donors (Lipinski definition) is 1. The molecule has 0 aliphatic carbocycles. The molecule has 0 saturated heterocycles. The first kappa shape index (κ1) is 17.8. The summed E-state index contributed by atoms with van der Waals surface area (Å²) in [6.45, 7) is 0. The van der Waals surface area contributed by atoms with Gasteiger partial charge >= 0.3 is 0 Å².